The molecule has 3 heteroatoms. The van der Waals surface area contributed by atoms with Gasteiger partial charge in [-0.1, -0.05) is 43.4 Å². The van der Waals surface area contributed by atoms with Gasteiger partial charge in [0.15, 0.2) is 0 Å². The average Bonchev–Trinajstić information content (AvgIpc) is 2.89. The number of carbonyl (C=O) groups excluding carboxylic acids is 2. The van der Waals surface area contributed by atoms with E-state index in [1.165, 1.54) is 5.57 Å². The van der Waals surface area contributed by atoms with Gasteiger partial charge in [0, 0.05) is 11.6 Å². The van der Waals surface area contributed by atoms with Crippen LogP contribution in [0.25, 0.3) is 0 Å². The van der Waals surface area contributed by atoms with Crippen molar-refractivity contribution >= 4 is 11.7 Å². The zero-order chi connectivity index (χ0) is 15.1. The smallest absolute Gasteiger partial charge is 0.292 e. The van der Waals surface area contributed by atoms with Crippen LogP contribution in [0, 0.1) is 0 Å². The molecule has 0 spiro atoms. The van der Waals surface area contributed by atoms with E-state index in [9.17, 15) is 9.59 Å². The molecule has 3 nitrogen and oxygen atoms in total. The van der Waals surface area contributed by atoms with Gasteiger partial charge >= 0.3 is 0 Å². The second-order valence-electron chi connectivity index (χ2n) is 5.89. The van der Waals surface area contributed by atoms with Crippen molar-refractivity contribution < 1.29 is 9.59 Å². The maximum Gasteiger partial charge on any atom is 0.292 e. The maximum absolute atomic E-state index is 12.3. The fraction of sp³-hybridized carbons (Fsp3) is 0.647. The fourth-order valence-electron chi connectivity index (χ4n) is 2.39. The Kier molecular flexibility index (Phi) is 6.69. The third kappa shape index (κ3) is 4.95. The summed E-state index contributed by atoms with van der Waals surface area (Å²) in [7, 11) is 0. The zero-order valence-electron chi connectivity index (χ0n) is 13.2. The SMILES string of the molecule is CCC/C(=C\C(C)=C(C)C)C(=O)C(=O)NC1CCCC1. The van der Waals surface area contributed by atoms with E-state index < -0.39 is 5.91 Å². The van der Waals surface area contributed by atoms with Gasteiger partial charge in [-0.15, -0.1) is 0 Å². The first-order chi connectivity index (χ1) is 9.45. The molecule has 0 heterocycles. The normalized spacial score (nSPS) is 16.1. The monoisotopic (exact) mass is 277 g/mol. The van der Waals surface area contributed by atoms with Crippen LogP contribution in [0.3, 0.4) is 0 Å². The summed E-state index contributed by atoms with van der Waals surface area (Å²) in [6.45, 7) is 8.03. The summed E-state index contributed by atoms with van der Waals surface area (Å²) in [5, 5.41) is 2.87. The Balaban J connectivity index is 2.77. The molecular weight excluding hydrogens is 250 g/mol. The Morgan fingerprint density at radius 3 is 2.25 bits per heavy atom. The second kappa shape index (κ2) is 8.03. The highest BCUT2D eigenvalue weighted by molar-refractivity contribution is 6.42. The van der Waals surface area contributed by atoms with Gasteiger partial charge in [-0.3, -0.25) is 9.59 Å². The van der Waals surface area contributed by atoms with Crippen LogP contribution in [0.5, 0.6) is 0 Å². The van der Waals surface area contributed by atoms with Gasteiger partial charge in [-0.2, -0.15) is 0 Å². The third-order valence-corrected chi connectivity index (χ3v) is 3.89. The predicted molar refractivity (Wildman–Crippen MR) is 82.4 cm³/mol. The van der Waals surface area contributed by atoms with Gasteiger partial charge in [-0.25, -0.2) is 0 Å². The van der Waals surface area contributed by atoms with Crippen molar-refractivity contribution in [1.29, 1.82) is 0 Å². The highest BCUT2D eigenvalue weighted by atomic mass is 16.2. The number of rotatable bonds is 6. The Hall–Kier alpha value is -1.38. The van der Waals surface area contributed by atoms with E-state index in [1.54, 1.807) is 0 Å². The topological polar surface area (TPSA) is 46.2 Å². The highest BCUT2D eigenvalue weighted by Gasteiger charge is 2.23. The van der Waals surface area contributed by atoms with Crippen LogP contribution in [0.15, 0.2) is 22.8 Å². The first kappa shape index (κ1) is 16.7. The Morgan fingerprint density at radius 2 is 1.75 bits per heavy atom. The van der Waals surface area contributed by atoms with Crippen LogP contribution >= 0.6 is 0 Å². The number of hydrogen-bond acceptors (Lipinski definition) is 2. The average molecular weight is 277 g/mol. The zero-order valence-corrected chi connectivity index (χ0v) is 13.2. The van der Waals surface area contributed by atoms with Crippen molar-refractivity contribution in [2.45, 2.75) is 72.3 Å². The van der Waals surface area contributed by atoms with E-state index in [4.69, 9.17) is 0 Å². The molecule has 0 atom stereocenters. The molecule has 112 valence electrons. The lowest BCUT2D eigenvalue weighted by Crippen LogP contribution is -2.38. The van der Waals surface area contributed by atoms with Gasteiger partial charge in [0.2, 0.25) is 5.78 Å². The van der Waals surface area contributed by atoms with Gasteiger partial charge in [0.1, 0.15) is 0 Å². The molecule has 1 amide bonds. The Labute approximate surface area is 122 Å². The summed E-state index contributed by atoms with van der Waals surface area (Å²) in [6.07, 6.45) is 7.68. The van der Waals surface area contributed by atoms with Crippen molar-refractivity contribution in [1.82, 2.24) is 5.32 Å². The molecule has 1 saturated carbocycles. The van der Waals surface area contributed by atoms with Crippen molar-refractivity contribution in [3.8, 4) is 0 Å². The first-order valence-corrected chi connectivity index (χ1v) is 7.65. The molecule has 0 aromatic carbocycles. The van der Waals surface area contributed by atoms with Crippen LogP contribution in [-0.2, 0) is 9.59 Å². The van der Waals surface area contributed by atoms with Crippen LogP contribution in [-0.4, -0.2) is 17.7 Å². The molecule has 0 saturated heterocycles. The summed E-state index contributed by atoms with van der Waals surface area (Å²) >= 11 is 0. The first-order valence-electron chi connectivity index (χ1n) is 7.65. The number of ketones is 1. The van der Waals surface area contributed by atoms with E-state index >= 15 is 0 Å². The molecule has 0 aliphatic heterocycles. The molecule has 1 N–H and O–H groups in total. The molecule has 20 heavy (non-hydrogen) atoms. The molecule has 0 bridgehead atoms. The fourth-order valence-corrected chi connectivity index (χ4v) is 2.39. The van der Waals surface area contributed by atoms with Crippen molar-refractivity contribution in [3.63, 3.8) is 0 Å². The molecule has 1 rings (SSSR count). The molecule has 1 aliphatic rings. The number of hydrogen-bond donors (Lipinski definition) is 1. The molecular formula is C17H27NO2. The summed E-state index contributed by atoms with van der Waals surface area (Å²) in [5.41, 5.74) is 2.86. The molecule has 0 aromatic rings. The third-order valence-electron chi connectivity index (χ3n) is 3.89. The molecule has 0 aromatic heterocycles. The van der Waals surface area contributed by atoms with E-state index in [2.05, 4.69) is 5.32 Å². The number of carbonyl (C=O) groups is 2. The predicted octanol–water partition coefficient (Wildman–Crippen LogP) is 3.70. The van der Waals surface area contributed by atoms with Crippen LogP contribution in [0.1, 0.15) is 66.2 Å². The number of nitrogens with one attached hydrogen (secondary N) is 1. The maximum atomic E-state index is 12.3. The van der Waals surface area contributed by atoms with Crippen LogP contribution in [0.4, 0.5) is 0 Å². The van der Waals surface area contributed by atoms with E-state index in [0.717, 1.165) is 37.7 Å². The van der Waals surface area contributed by atoms with Gasteiger partial charge in [-0.05, 0) is 40.0 Å². The van der Waals surface area contributed by atoms with E-state index in [1.807, 2.05) is 33.8 Å². The quantitative estimate of drug-likeness (QED) is 0.457. The standard InChI is InChI=1S/C17H27NO2/c1-5-8-14(11-13(4)12(2)3)16(19)17(20)18-15-9-6-7-10-15/h11,15H,5-10H2,1-4H3,(H,18,20)/b14-11+. The van der Waals surface area contributed by atoms with Gasteiger partial charge in [0.25, 0.3) is 5.91 Å². The molecule has 1 fully saturated rings. The van der Waals surface area contributed by atoms with Crippen molar-refractivity contribution in [2.24, 2.45) is 0 Å². The Morgan fingerprint density at radius 1 is 1.15 bits per heavy atom. The number of amides is 1. The number of Topliss-reactive ketones (excluding diaryl/α,β-unsaturated/α-hetero) is 1. The second-order valence-corrected chi connectivity index (χ2v) is 5.89. The highest BCUT2D eigenvalue weighted by Crippen LogP contribution is 2.18. The largest absolute Gasteiger partial charge is 0.346 e. The molecule has 1 aliphatic carbocycles. The van der Waals surface area contributed by atoms with Crippen LogP contribution < -0.4 is 5.32 Å². The summed E-state index contributed by atoms with van der Waals surface area (Å²) in [5.74, 6) is -0.794. The minimum Gasteiger partial charge on any atom is -0.346 e. The lowest BCUT2D eigenvalue weighted by Gasteiger charge is -2.12. The van der Waals surface area contributed by atoms with Crippen molar-refractivity contribution in [3.05, 3.63) is 22.8 Å². The lowest BCUT2D eigenvalue weighted by molar-refractivity contribution is -0.136. The molecule has 0 radical (unpaired) electrons. The number of allylic oxidation sites excluding steroid dienone is 3. The van der Waals surface area contributed by atoms with Crippen molar-refractivity contribution in [2.75, 3.05) is 0 Å². The lowest BCUT2D eigenvalue weighted by atomic mass is 10.0. The van der Waals surface area contributed by atoms with E-state index in [-0.39, 0.29) is 11.8 Å². The Bertz CT molecular complexity index is 422. The summed E-state index contributed by atoms with van der Waals surface area (Å²) in [4.78, 5) is 24.3. The van der Waals surface area contributed by atoms with Crippen LogP contribution in [0.2, 0.25) is 0 Å². The van der Waals surface area contributed by atoms with Gasteiger partial charge < -0.3 is 5.32 Å². The summed E-state index contributed by atoms with van der Waals surface area (Å²) in [6, 6.07) is 0.193. The van der Waals surface area contributed by atoms with Gasteiger partial charge in [0.05, 0.1) is 0 Å². The minimum absolute atomic E-state index is 0.193. The minimum atomic E-state index is -0.432. The summed E-state index contributed by atoms with van der Waals surface area (Å²) < 4.78 is 0. The van der Waals surface area contributed by atoms with E-state index in [0.29, 0.717) is 12.0 Å². The molecule has 0 unspecified atom stereocenters.